The normalized spacial score (nSPS) is 14.6. The van der Waals surface area contributed by atoms with E-state index in [2.05, 4.69) is 17.6 Å². The van der Waals surface area contributed by atoms with Crippen LogP contribution in [0.25, 0.3) is 0 Å². The topological polar surface area (TPSA) is 67.4 Å². The minimum atomic E-state index is -0.579. The van der Waals surface area contributed by atoms with E-state index in [1.54, 1.807) is 20.8 Å². The Morgan fingerprint density at radius 3 is 2.05 bits per heavy atom. The quantitative estimate of drug-likeness (QED) is 0.789. The third-order valence-corrected chi connectivity index (χ3v) is 2.73. The molecule has 0 saturated heterocycles. The van der Waals surface area contributed by atoms with E-state index >= 15 is 0 Å². The number of hydrogen-bond donors (Lipinski definition) is 2. The number of amides is 2. The summed E-state index contributed by atoms with van der Waals surface area (Å²) in [5.74, 6) is -0.164. The Kier molecular flexibility index (Phi) is 7.61. The third kappa shape index (κ3) is 8.02. The van der Waals surface area contributed by atoms with Gasteiger partial charge in [-0.2, -0.15) is 0 Å². The van der Waals surface area contributed by atoms with Gasteiger partial charge in [0.25, 0.3) is 0 Å². The first kappa shape index (κ1) is 18.7. The van der Waals surface area contributed by atoms with Crippen LogP contribution >= 0.6 is 0 Å². The predicted octanol–water partition coefficient (Wildman–Crippen LogP) is 2.84. The Morgan fingerprint density at radius 2 is 1.65 bits per heavy atom. The summed E-state index contributed by atoms with van der Waals surface area (Å²) in [4.78, 5) is 24.0. The minimum Gasteiger partial charge on any atom is -0.444 e. The van der Waals surface area contributed by atoms with Gasteiger partial charge in [-0.3, -0.25) is 4.79 Å². The molecule has 0 bridgehead atoms. The zero-order chi connectivity index (χ0) is 15.9. The molecule has 0 aliphatic carbocycles. The molecule has 0 fully saturated rings. The smallest absolute Gasteiger partial charge is 0.408 e. The van der Waals surface area contributed by atoms with Crippen molar-refractivity contribution in [3.05, 3.63) is 0 Å². The fourth-order valence-corrected chi connectivity index (χ4v) is 1.81. The molecule has 0 rings (SSSR count). The van der Waals surface area contributed by atoms with Crippen LogP contribution in [0, 0.1) is 5.92 Å². The highest BCUT2D eigenvalue weighted by molar-refractivity contribution is 5.86. The van der Waals surface area contributed by atoms with Gasteiger partial charge in [0.1, 0.15) is 11.6 Å². The molecule has 2 unspecified atom stereocenters. The summed E-state index contributed by atoms with van der Waals surface area (Å²) in [5, 5.41) is 5.57. The molecule has 0 spiro atoms. The van der Waals surface area contributed by atoms with Crippen LogP contribution < -0.4 is 10.6 Å². The largest absolute Gasteiger partial charge is 0.444 e. The molecule has 0 radical (unpaired) electrons. The van der Waals surface area contributed by atoms with E-state index in [-0.39, 0.29) is 17.9 Å². The first-order valence-corrected chi connectivity index (χ1v) is 7.36. The van der Waals surface area contributed by atoms with Crippen molar-refractivity contribution in [2.24, 2.45) is 5.92 Å². The number of ether oxygens (including phenoxy) is 1. The molecular formula is C15H30N2O3. The van der Waals surface area contributed by atoms with Crippen LogP contribution in [0.3, 0.4) is 0 Å². The van der Waals surface area contributed by atoms with Crippen LogP contribution in [0.5, 0.6) is 0 Å². The van der Waals surface area contributed by atoms with Crippen molar-refractivity contribution < 1.29 is 14.3 Å². The lowest BCUT2D eigenvalue weighted by Crippen LogP contribution is -2.52. The van der Waals surface area contributed by atoms with E-state index in [4.69, 9.17) is 4.74 Å². The van der Waals surface area contributed by atoms with Crippen LogP contribution in [-0.2, 0) is 9.53 Å². The van der Waals surface area contributed by atoms with E-state index in [9.17, 15) is 9.59 Å². The Hall–Kier alpha value is -1.26. The van der Waals surface area contributed by atoms with Gasteiger partial charge in [-0.05, 0) is 40.0 Å². The minimum absolute atomic E-state index is 0.00338. The summed E-state index contributed by atoms with van der Waals surface area (Å²) < 4.78 is 5.19. The Bertz CT molecular complexity index is 322. The Labute approximate surface area is 122 Å². The standard InChI is InChI=1S/C15H30N2O3/c1-8-9-11(4)16-13(18)12(10(2)3)17-14(19)20-15(5,6)7/h10-12H,8-9H2,1-7H3,(H,16,18)(H,17,19). The van der Waals surface area contributed by atoms with Gasteiger partial charge >= 0.3 is 6.09 Å². The van der Waals surface area contributed by atoms with Crippen LogP contribution in [0.1, 0.15) is 61.3 Å². The molecule has 2 atom stereocenters. The molecule has 0 aliphatic rings. The lowest BCUT2D eigenvalue weighted by molar-refractivity contribution is -0.124. The summed E-state index contributed by atoms with van der Waals surface area (Å²) in [6, 6.07) is -0.474. The molecule has 5 nitrogen and oxygen atoms in total. The van der Waals surface area contributed by atoms with Gasteiger partial charge in [-0.15, -0.1) is 0 Å². The first-order chi connectivity index (χ1) is 9.06. The predicted molar refractivity (Wildman–Crippen MR) is 80.5 cm³/mol. The van der Waals surface area contributed by atoms with Gasteiger partial charge in [0.05, 0.1) is 0 Å². The molecule has 20 heavy (non-hydrogen) atoms. The number of carbonyl (C=O) groups excluding carboxylic acids is 2. The van der Waals surface area contributed by atoms with E-state index < -0.39 is 17.7 Å². The SMILES string of the molecule is CCCC(C)NC(=O)C(NC(=O)OC(C)(C)C)C(C)C. The van der Waals surface area contributed by atoms with Crippen molar-refractivity contribution in [1.82, 2.24) is 10.6 Å². The molecule has 0 aromatic rings. The third-order valence-electron chi connectivity index (χ3n) is 2.73. The van der Waals surface area contributed by atoms with Crippen molar-refractivity contribution >= 4 is 12.0 Å². The summed E-state index contributed by atoms with van der Waals surface area (Å²) >= 11 is 0. The van der Waals surface area contributed by atoms with Gasteiger partial charge in [-0.1, -0.05) is 27.2 Å². The number of carbonyl (C=O) groups is 2. The second-order valence-corrected chi connectivity index (χ2v) is 6.57. The van der Waals surface area contributed by atoms with Crippen molar-refractivity contribution in [2.75, 3.05) is 0 Å². The van der Waals surface area contributed by atoms with Crippen molar-refractivity contribution in [3.63, 3.8) is 0 Å². The van der Waals surface area contributed by atoms with E-state index in [0.29, 0.717) is 0 Å². The average molecular weight is 286 g/mol. The molecule has 2 amide bonds. The highest BCUT2D eigenvalue weighted by Gasteiger charge is 2.27. The number of rotatable bonds is 6. The fraction of sp³-hybridized carbons (Fsp3) is 0.867. The highest BCUT2D eigenvalue weighted by Crippen LogP contribution is 2.09. The summed E-state index contributed by atoms with van der Waals surface area (Å²) in [5.41, 5.74) is -0.572. The van der Waals surface area contributed by atoms with Gasteiger partial charge < -0.3 is 15.4 Å². The zero-order valence-electron chi connectivity index (χ0n) is 13.9. The molecule has 0 aromatic heterocycles. The number of nitrogens with one attached hydrogen (secondary N) is 2. The zero-order valence-corrected chi connectivity index (χ0v) is 13.9. The van der Waals surface area contributed by atoms with Crippen molar-refractivity contribution in [3.8, 4) is 0 Å². The number of alkyl carbamates (subject to hydrolysis) is 1. The second-order valence-electron chi connectivity index (χ2n) is 6.57. The lowest BCUT2D eigenvalue weighted by Gasteiger charge is -2.26. The maximum absolute atomic E-state index is 12.2. The molecular weight excluding hydrogens is 256 g/mol. The van der Waals surface area contributed by atoms with Crippen molar-refractivity contribution in [2.45, 2.75) is 79.0 Å². The fourth-order valence-electron chi connectivity index (χ4n) is 1.81. The van der Waals surface area contributed by atoms with Gasteiger partial charge in [-0.25, -0.2) is 4.79 Å². The van der Waals surface area contributed by atoms with Crippen LogP contribution in [0.15, 0.2) is 0 Å². The summed E-state index contributed by atoms with van der Waals surface area (Å²) in [6.45, 7) is 13.2. The molecule has 0 aliphatic heterocycles. The molecule has 118 valence electrons. The van der Waals surface area contributed by atoms with Gasteiger partial charge in [0, 0.05) is 6.04 Å². The van der Waals surface area contributed by atoms with Gasteiger partial charge in [0.2, 0.25) is 5.91 Å². The van der Waals surface area contributed by atoms with Crippen LogP contribution in [0.2, 0.25) is 0 Å². The molecule has 2 N–H and O–H groups in total. The summed E-state index contributed by atoms with van der Waals surface area (Å²) in [7, 11) is 0. The first-order valence-electron chi connectivity index (χ1n) is 7.36. The maximum atomic E-state index is 12.2. The lowest BCUT2D eigenvalue weighted by atomic mass is 10.0. The molecule has 0 aromatic carbocycles. The second kappa shape index (κ2) is 8.12. The monoisotopic (exact) mass is 286 g/mol. The summed E-state index contributed by atoms with van der Waals surface area (Å²) in [6.07, 6.45) is 1.37. The van der Waals surface area contributed by atoms with Crippen molar-refractivity contribution in [1.29, 1.82) is 0 Å². The van der Waals surface area contributed by atoms with E-state index in [1.807, 2.05) is 20.8 Å². The van der Waals surface area contributed by atoms with E-state index in [1.165, 1.54) is 0 Å². The Morgan fingerprint density at radius 1 is 1.10 bits per heavy atom. The Balaban J connectivity index is 4.57. The number of hydrogen-bond acceptors (Lipinski definition) is 3. The van der Waals surface area contributed by atoms with E-state index in [0.717, 1.165) is 12.8 Å². The van der Waals surface area contributed by atoms with Gasteiger partial charge in [0.15, 0.2) is 0 Å². The van der Waals surface area contributed by atoms with Crippen LogP contribution in [0.4, 0.5) is 4.79 Å². The molecule has 5 heteroatoms. The molecule has 0 saturated carbocycles. The molecule has 0 heterocycles. The average Bonchev–Trinajstić information content (AvgIpc) is 2.22. The maximum Gasteiger partial charge on any atom is 0.408 e. The van der Waals surface area contributed by atoms with Crippen LogP contribution in [-0.4, -0.2) is 29.7 Å². The highest BCUT2D eigenvalue weighted by atomic mass is 16.6.